The molecule has 3 heteroatoms. The molecule has 1 aromatic carbocycles. The lowest BCUT2D eigenvalue weighted by Crippen LogP contribution is -2.36. The first-order valence-electron chi connectivity index (χ1n) is 5.10. The van der Waals surface area contributed by atoms with E-state index in [4.69, 9.17) is 0 Å². The Labute approximate surface area is 91.1 Å². The number of carbonyl (C=O) groups is 1. The molecule has 0 fully saturated rings. The molecule has 0 aliphatic heterocycles. The second kappa shape index (κ2) is 5.51. The third kappa shape index (κ3) is 4.61. The second-order valence-electron chi connectivity index (χ2n) is 3.92. The average Bonchev–Trinajstić information content (AvgIpc) is 2.16. The van der Waals surface area contributed by atoms with Gasteiger partial charge in [-0.3, -0.25) is 10.2 Å². The van der Waals surface area contributed by atoms with Crippen LogP contribution in [0.25, 0.3) is 0 Å². The van der Waals surface area contributed by atoms with Gasteiger partial charge in [-0.15, -0.1) is 0 Å². The van der Waals surface area contributed by atoms with E-state index in [2.05, 4.69) is 36.6 Å². The molecular formula is C12H18N2O. The summed E-state index contributed by atoms with van der Waals surface area (Å²) in [5.74, 6) is 0.0561. The van der Waals surface area contributed by atoms with Crippen LogP contribution >= 0.6 is 0 Å². The Hall–Kier alpha value is -1.35. The Morgan fingerprint density at radius 3 is 2.40 bits per heavy atom. The third-order valence-corrected chi connectivity index (χ3v) is 2.11. The Morgan fingerprint density at radius 1 is 1.27 bits per heavy atom. The van der Waals surface area contributed by atoms with Gasteiger partial charge >= 0.3 is 0 Å². The van der Waals surface area contributed by atoms with Gasteiger partial charge in [0.05, 0.1) is 0 Å². The predicted octanol–water partition coefficient (Wildman–Crippen LogP) is 1.52. The Kier molecular flexibility index (Phi) is 4.31. The van der Waals surface area contributed by atoms with Gasteiger partial charge in [0.15, 0.2) is 0 Å². The number of hydrazine groups is 1. The molecule has 0 aromatic heterocycles. The molecule has 0 atom stereocenters. The Morgan fingerprint density at radius 2 is 1.87 bits per heavy atom. The lowest BCUT2D eigenvalue weighted by atomic mass is 10.1. The molecule has 15 heavy (non-hydrogen) atoms. The van der Waals surface area contributed by atoms with Crippen molar-refractivity contribution < 1.29 is 4.79 Å². The molecule has 0 bridgehead atoms. The topological polar surface area (TPSA) is 32.3 Å². The van der Waals surface area contributed by atoms with E-state index < -0.39 is 0 Å². The summed E-state index contributed by atoms with van der Waals surface area (Å²) in [6.07, 6.45) is 1.32. The molecule has 0 saturated heterocycles. The van der Waals surface area contributed by atoms with Crippen LogP contribution < -0.4 is 5.43 Å². The van der Waals surface area contributed by atoms with Crippen molar-refractivity contribution in [2.75, 3.05) is 14.1 Å². The van der Waals surface area contributed by atoms with E-state index in [1.807, 2.05) is 14.1 Å². The van der Waals surface area contributed by atoms with Gasteiger partial charge < -0.3 is 0 Å². The summed E-state index contributed by atoms with van der Waals surface area (Å²) in [6, 6.07) is 8.27. The maximum absolute atomic E-state index is 11.3. The van der Waals surface area contributed by atoms with Crippen molar-refractivity contribution in [2.45, 2.75) is 19.8 Å². The van der Waals surface area contributed by atoms with Gasteiger partial charge in [-0.25, -0.2) is 5.01 Å². The maximum atomic E-state index is 11.3. The van der Waals surface area contributed by atoms with E-state index in [1.165, 1.54) is 11.1 Å². The summed E-state index contributed by atoms with van der Waals surface area (Å²) in [7, 11) is 3.62. The van der Waals surface area contributed by atoms with Crippen LogP contribution in [0.3, 0.4) is 0 Å². The van der Waals surface area contributed by atoms with Crippen LogP contribution in [0.4, 0.5) is 0 Å². The van der Waals surface area contributed by atoms with Crippen molar-refractivity contribution in [1.82, 2.24) is 10.4 Å². The minimum atomic E-state index is 0.0561. The van der Waals surface area contributed by atoms with E-state index in [0.717, 1.165) is 6.42 Å². The van der Waals surface area contributed by atoms with E-state index in [1.54, 1.807) is 5.01 Å². The van der Waals surface area contributed by atoms with Crippen molar-refractivity contribution in [2.24, 2.45) is 0 Å². The third-order valence-electron chi connectivity index (χ3n) is 2.11. The van der Waals surface area contributed by atoms with Gasteiger partial charge in [0.1, 0.15) is 0 Å². The van der Waals surface area contributed by atoms with Gasteiger partial charge in [-0.05, 0) is 18.9 Å². The monoisotopic (exact) mass is 206 g/mol. The highest BCUT2D eigenvalue weighted by molar-refractivity contribution is 5.75. The summed E-state index contributed by atoms with van der Waals surface area (Å²) in [5, 5.41) is 1.66. The number of rotatable bonds is 4. The van der Waals surface area contributed by atoms with Crippen LogP contribution in [0.15, 0.2) is 24.3 Å². The largest absolute Gasteiger partial charge is 0.289 e. The van der Waals surface area contributed by atoms with Gasteiger partial charge in [0.2, 0.25) is 5.91 Å². The second-order valence-corrected chi connectivity index (χ2v) is 3.92. The molecule has 1 amide bonds. The molecule has 1 rings (SSSR count). The van der Waals surface area contributed by atoms with Crippen molar-refractivity contribution >= 4 is 5.91 Å². The SMILES string of the molecule is Cc1ccc(CCC(=O)NN(C)C)cc1. The van der Waals surface area contributed by atoms with Crippen LogP contribution in [-0.2, 0) is 11.2 Å². The number of hydrogen-bond acceptors (Lipinski definition) is 2. The lowest BCUT2D eigenvalue weighted by molar-refractivity contribution is -0.124. The van der Waals surface area contributed by atoms with Gasteiger partial charge in [-0.1, -0.05) is 29.8 Å². The molecule has 0 unspecified atom stereocenters. The van der Waals surface area contributed by atoms with Crippen molar-refractivity contribution in [1.29, 1.82) is 0 Å². The van der Waals surface area contributed by atoms with E-state index in [0.29, 0.717) is 6.42 Å². The van der Waals surface area contributed by atoms with E-state index in [9.17, 15) is 4.79 Å². The summed E-state index contributed by atoms with van der Waals surface area (Å²) >= 11 is 0. The first kappa shape index (κ1) is 11.7. The quantitative estimate of drug-likeness (QED) is 0.758. The minimum absolute atomic E-state index is 0.0561. The number of benzene rings is 1. The molecule has 0 aliphatic rings. The fourth-order valence-corrected chi connectivity index (χ4v) is 1.32. The van der Waals surface area contributed by atoms with Crippen molar-refractivity contribution in [3.05, 3.63) is 35.4 Å². The number of aryl methyl sites for hydroxylation is 2. The fraction of sp³-hybridized carbons (Fsp3) is 0.417. The molecule has 0 radical (unpaired) electrons. The fourth-order valence-electron chi connectivity index (χ4n) is 1.32. The highest BCUT2D eigenvalue weighted by atomic mass is 16.2. The zero-order valence-electron chi connectivity index (χ0n) is 9.58. The van der Waals surface area contributed by atoms with Gasteiger partial charge in [-0.2, -0.15) is 0 Å². The Balaban J connectivity index is 2.37. The van der Waals surface area contributed by atoms with Crippen LogP contribution in [0, 0.1) is 6.92 Å². The molecular weight excluding hydrogens is 188 g/mol. The number of nitrogens with one attached hydrogen (secondary N) is 1. The number of nitrogens with zero attached hydrogens (tertiary/aromatic N) is 1. The number of hydrogen-bond donors (Lipinski definition) is 1. The van der Waals surface area contributed by atoms with Gasteiger partial charge in [0.25, 0.3) is 0 Å². The van der Waals surface area contributed by atoms with Crippen LogP contribution in [0.1, 0.15) is 17.5 Å². The van der Waals surface area contributed by atoms with E-state index in [-0.39, 0.29) is 5.91 Å². The molecule has 0 spiro atoms. The minimum Gasteiger partial charge on any atom is -0.289 e. The molecule has 0 saturated carbocycles. The Bertz CT molecular complexity index is 317. The molecule has 1 N–H and O–H groups in total. The smallest absolute Gasteiger partial charge is 0.234 e. The van der Waals surface area contributed by atoms with E-state index >= 15 is 0 Å². The summed E-state index contributed by atoms with van der Waals surface area (Å²) < 4.78 is 0. The zero-order chi connectivity index (χ0) is 11.3. The maximum Gasteiger partial charge on any atom is 0.234 e. The zero-order valence-corrected chi connectivity index (χ0v) is 9.58. The normalized spacial score (nSPS) is 10.4. The molecule has 0 heterocycles. The predicted molar refractivity (Wildman–Crippen MR) is 61.3 cm³/mol. The van der Waals surface area contributed by atoms with Crippen LogP contribution in [0.2, 0.25) is 0 Å². The van der Waals surface area contributed by atoms with Crippen molar-refractivity contribution in [3.8, 4) is 0 Å². The summed E-state index contributed by atoms with van der Waals surface area (Å²) in [6.45, 7) is 2.06. The standard InChI is InChI=1S/C12H18N2O/c1-10-4-6-11(7-5-10)8-9-12(15)13-14(2)3/h4-7H,8-9H2,1-3H3,(H,13,15). The molecule has 82 valence electrons. The average molecular weight is 206 g/mol. The van der Waals surface area contributed by atoms with Crippen LogP contribution in [-0.4, -0.2) is 25.0 Å². The molecule has 1 aromatic rings. The first-order valence-corrected chi connectivity index (χ1v) is 5.10. The number of carbonyl (C=O) groups excluding carboxylic acids is 1. The van der Waals surface area contributed by atoms with Crippen LogP contribution in [0.5, 0.6) is 0 Å². The first-order chi connectivity index (χ1) is 7.08. The molecule has 0 aliphatic carbocycles. The molecule has 3 nitrogen and oxygen atoms in total. The highest BCUT2D eigenvalue weighted by Crippen LogP contribution is 2.05. The highest BCUT2D eigenvalue weighted by Gasteiger charge is 2.02. The number of amides is 1. The van der Waals surface area contributed by atoms with Crippen molar-refractivity contribution in [3.63, 3.8) is 0 Å². The summed E-state index contributed by atoms with van der Waals surface area (Å²) in [5.41, 5.74) is 5.17. The summed E-state index contributed by atoms with van der Waals surface area (Å²) in [4.78, 5) is 11.3. The van der Waals surface area contributed by atoms with Gasteiger partial charge in [0, 0.05) is 20.5 Å². The lowest BCUT2D eigenvalue weighted by Gasteiger charge is -2.11.